The zero-order chi connectivity index (χ0) is 19.7. The number of ether oxygens (including phenoxy) is 1. The first-order valence-electron chi connectivity index (χ1n) is 9.83. The van der Waals surface area contributed by atoms with Crippen molar-refractivity contribution in [2.45, 2.75) is 51.3 Å². The molecule has 28 heavy (non-hydrogen) atoms. The molecule has 146 valence electrons. The number of Topliss-reactive ketones (excluding diaryl/α,β-unsaturated/α-hetero) is 1. The maximum absolute atomic E-state index is 13.8. The smallest absolute Gasteiger partial charge is 0.410 e. The molecule has 5 heteroatoms. The number of hydrogen-bond donors (Lipinski definition) is 0. The Morgan fingerprint density at radius 3 is 2.39 bits per heavy atom. The van der Waals surface area contributed by atoms with E-state index in [-0.39, 0.29) is 42.3 Å². The van der Waals surface area contributed by atoms with Crippen molar-refractivity contribution < 1.29 is 18.7 Å². The second-order valence-corrected chi connectivity index (χ2v) is 7.78. The number of ketones is 1. The molecule has 2 saturated heterocycles. The molecule has 4 nitrogen and oxygen atoms in total. The lowest BCUT2D eigenvalue weighted by Crippen LogP contribution is -2.48. The van der Waals surface area contributed by atoms with E-state index >= 15 is 0 Å². The minimum absolute atomic E-state index is 0.00815. The van der Waals surface area contributed by atoms with Crippen LogP contribution in [0.1, 0.15) is 47.2 Å². The lowest BCUT2D eigenvalue weighted by atomic mass is 9.84. The third-order valence-electron chi connectivity index (χ3n) is 6.05. The molecule has 2 aromatic rings. The highest BCUT2D eigenvalue weighted by molar-refractivity contribution is 5.99. The van der Waals surface area contributed by atoms with Gasteiger partial charge in [-0.05, 0) is 49.8 Å². The van der Waals surface area contributed by atoms with E-state index in [9.17, 15) is 14.0 Å². The van der Waals surface area contributed by atoms with Crippen molar-refractivity contribution in [1.29, 1.82) is 0 Å². The normalized spacial score (nSPS) is 23.5. The topological polar surface area (TPSA) is 46.6 Å². The second-order valence-electron chi connectivity index (χ2n) is 7.78. The Hall–Kier alpha value is -2.69. The van der Waals surface area contributed by atoms with Crippen LogP contribution >= 0.6 is 0 Å². The van der Waals surface area contributed by atoms with Crippen molar-refractivity contribution in [3.05, 3.63) is 71.0 Å². The Bertz CT molecular complexity index is 869. The van der Waals surface area contributed by atoms with Crippen molar-refractivity contribution in [2.75, 3.05) is 0 Å². The maximum Gasteiger partial charge on any atom is 0.410 e. The fraction of sp³-hybridized carbons (Fsp3) is 0.391. The molecule has 2 aromatic carbocycles. The largest absolute Gasteiger partial charge is 0.445 e. The van der Waals surface area contributed by atoms with Gasteiger partial charge in [0.1, 0.15) is 12.4 Å². The fourth-order valence-electron chi connectivity index (χ4n) is 4.58. The lowest BCUT2D eigenvalue weighted by molar-refractivity contribution is 0.0484. The third-order valence-corrected chi connectivity index (χ3v) is 6.05. The van der Waals surface area contributed by atoms with Crippen LogP contribution in [0.2, 0.25) is 0 Å². The van der Waals surface area contributed by atoms with Gasteiger partial charge in [0.2, 0.25) is 0 Å². The predicted molar refractivity (Wildman–Crippen MR) is 103 cm³/mol. The number of halogens is 1. The van der Waals surface area contributed by atoms with Crippen LogP contribution in [0.4, 0.5) is 9.18 Å². The van der Waals surface area contributed by atoms with Gasteiger partial charge < -0.3 is 9.64 Å². The number of rotatable bonds is 4. The number of hydrogen-bond acceptors (Lipinski definition) is 3. The summed E-state index contributed by atoms with van der Waals surface area (Å²) in [6, 6.07) is 14.3. The SMILES string of the molecule is Cc1c(F)cccc1C(=O)C1CC2CCC(C1)N2C(=O)OCc1ccccc1. The van der Waals surface area contributed by atoms with Gasteiger partial charge in [0.25, 0.3) is 0 Å². The highest BCUT2D eigenvalue weighted by atomic mass is 19.1. The van der Waals surface area contributed by atoms with E-state index in [0.29, 0.717) is 24.0 Å². The first-order valence-corrected chi connectivity index (χ1v) is 9.83. The van der Waals surface area contributed by atoms with Gasteiger partial charge in [-0.3, -0.25) is 4.79 Å². The summed E-state index contributed by atoms with van der Waals surface area (Å²) in [5.74, 6) is -0.530. The van der Waals surface area contributed by atoms with Crippen molar-refractivity contribution in [3.8, 4) is 0 Å². The Kier molecular flexibility index (Phi) is 5.16. The molecule has 2 heterocycles. The highest BCUT2D eigenvalue weighted by Crippen LogP contribution is 2.40. The quantitative estimate of drug-likeness (QED) is 0.708. The summed E-state index contributed by atoms with van der Waals surface area (Å²) in [5, 5.41) is 0. The van der Waals surface area contributed by atoms with Gasteiger partial charge in [-0.15, -0.1) is 0 Å². The third kappa shape index (κ3) is 3.53. The van der Waals surface area contributed by atoms with Gasteiger partial charge in [-0.1, -0.05) is 42.5 Å². The standard InChI is InChI=1S/C23H24FNO3/c1-15-20(8-5-9-21(15)24)22(26)17-12-18-10-11-19(13-17)25(18)23(27)28-14-16-6-3-2-4-7-16/h2-9,17-19H,10-14H2,1H3. The Morgan fingerprint density at radius 1 is 1.04 bits per heavy atom. The predicted octanol–water partition coefficient (Wildman–Crippen LogP) is 4.90. The van der Waals surface area contributed by atoms with Crippen molar-refractivity contribution >= 4 is 11.9 Å². The number of benzene rings is 2. The summed E-state index contributed by atoms with van der Waals surface area (Å²) in [7, 11) is 0. The summed E-state index contributed by atoms with van der Waals surface area (Å²) in [6.07, 6.45) is 2.70. The Morgan fingerprint density at radius 2 is 1.71 bits per heavy atom. The summed E-state index contributed by atoms with van der Waals surface area (Å²) in [5.41, 5.74) is 1.82. The molecule has 0 aromatic heterocycles. The number of nitrogens with zero attached hydrogens (tertiary/aromatic N) is 1. The average molecular weight is 381 g/mol. The molecule has 2 atom stereocenters. The van der Waals surface area contributed by atoms with Crippen LogP contribution in [0, 0.1) is 18.7 Å². The zero-order valence-corrected chi connectivity index (χ0v) is 15.9. The molecule has 1 amide bonds. The van der Waals surface area contributed by atoms with Gasteiger partial charge in [-0.25, -0.2) is 9.18 Å². The molecule has 0 N–H and O–H groups in total. The van der Waals surface area contributed by atoms with Crippen molar-refractivity contribution in [3.63, 3.8) is 0 Å². The number of amides is 1. The fourth-order valence-corrected chi connectivity index (χ4v) is 4.58. The van der Waals surface area contributed by atoms with Crippen LogP contribution in [0.5, 0.6) is 0 Å². The second kappa shape index (κ2) is 7.74. The molecule has 2 unspecified atom stereocenters. The molecule has 0 radical (unpaired) electrons. The van der Waals surface area contributed by atoms with Gasteiger partial charge in [0, 0.05) is 23.6 Å². The van der Waals surface area contributed by atoms with E-state index in [0.717, 1.165) is 18.4 Å². The first-order chi connectivity index (χ1) is 13.5. The molecule has 0 aliphatic carbocycles. The van der Waals surface area contributed by atoms with Crippen LogP contribution in [-0.4, -0.2) is 28.9 Å². The minimum Gasteiger partial charge on any atom is -0.445 e. The average Bonchev–Trinajstić information content (AvgIpc) is 2.98. The van der Waals surface area contributed by atoms with Gasteiger partial charge in [0.15, 0.2) is 5.78 Å². The molecular formula is C23H24FNO3. The van der Waals surface area contributed by atoms with Gasteiger partial charge >= 0.3 is 6.09 Å². The van der Waals surface area contributed by atoms with E-state index in [1.165, 1.54) is 6.07 Å². The van der Waals surface area contributed by atoms with E-state index < -0.39 is 0 Å². The number of fused-ring (bicyclic) bond motifs is 2. The van der Waals surface area contributed by atoms with E-state index in [4.69, 9.17) is 4.74 Å². The van der Waals surface area contributed by atoms with Crippen LogP contribution < -0.4 is 0 Å². The molecule has 2 bridgehead atoms. The molecule has 2 fully saturated rings. The van der Waals surface area contributed by atoms with Gasteiger partial charge in [0.05, 0.1) is 0 Å². The van der Waals surface area contributed by atoms with Crippen LogP contribution in [0.25, 0.3) is 0 Å². The lowest BCUT2D eigenvalue weighted by Gasteiger charge is -2.37. The molecule has 0 saturated carbocycles. The zero-order valence-electron chi connectivity index (χ0n) is 15.9. The summed E-state index contributed by atoms with van der Waals surface area (Å²) in [6.45, 7) is 1.90. The van der Waals surface area contributed by atoms with Gasteiger partial charge in [-0.2, -0.15) is 0 Å². The van der Waals surface area contributed by atoms with Crippen molar-refractivity contribution in [1.82, 2.24) is 4.90 Å². The van der Waals surface area contributed by atoms with E-state index in [2.05, 4.69) is 0 Å². The molecule has 2 aliphatic rings. The highest BCUT2D eigenvalue weighted by Gasteiger charge is 2.46. The Labute approximate surface area is 164 Å². The van der Waals surface area contributed by atoms with Crippen LogP contribution in [0.3, 0.4) is 0 Å². The number of carbonyl (C=O) groups is 2. The number of piperidine rings is 1. The summed E-state index contributed by atoms with van der Waals surface area (Å²) < 4.78 is 19.4. The molecular weight excluding hydrogens is 357 g/mol. The van der Waals surface area contributed by atoms with Crippen LogP contribution in [0.15, 0.2) is 48.5 Å². The Balaban J connectivity index is 1.42. The number of carbonyl (C=O) groups excluding carboxylic acids is 2. The monoisotopic (exact) mass is 381 g/mol. The van der Waals surface area contributed by atoms with E-state index in [1.807, 2.05) is 35.2 Å². The van der Waals surface area contributed by atoms with E-state index in [1.54, 1.807) is 19.1 Å². The summed E-state index contributed by atoms with van der Waals surface area (Å²) in [4.78, 5) is 27.4. The van der Waals surface area contributed by atoms with Crippen molar-refractivity contribution in [2.24, 2.45) is 5.92 Å². The molecule has 4 rings (SSSR count). The minimum atomic E-state index is -0.351. The molecule has 0 spiro atoms. The molecule has 2 aliphatic heterocycles. The summed E-state index contributed by atoms with van der Waals surface area (Å²) >= 11 is 0. The van der Waals surface area contributed by atoms with Crippen LogP contribution in [-0.2, 0) is 11.3 Å². The first kappa shape index (κ1) is 18.7. The maximum atomic E-state index is 13.8.